The number of rotatable bonds is 3. The Kier molecular flexibility index (Phi) is 5.27. The number of alkyl halides is 1. The molecule has 2 unspecified atom stereocenters. The molecule has 0 saturated heterocycles. The summed E-state index contributed by atoms with van der Waals surface area (Å²) in [6.07, 6.45) is 3.65. The smallest absolute Gasteiger partial charge is 0.251 e. The molecule has 2 atom stereocenters. The van der Waals surface area contributed by atoms with Crippen LogP contribution in [0.1, 0.15) is 29.6 Å². The van der Waals surface area contributed by atoms with Gasteiger partial charge in [0, 0.05) is 25.9 Å². The zero-order valence-corrected chi connectivity index (χ0v) is 14.5. The summed E-state index contributed by atoms with van der Waals surface area (Å²) >= 11 is 10.4. The molecule has 2 rings (SSSR count). The minimum Gasteiger partial charge on any atom is -0.352 e. The first kappa shape index (κ1) is 14.5. The van der Waals surface area contributed by atoms with E-state index in [1.54, 1.807) is 0 Å². The van der Waals surface area contributed by atoms with Crippen molar-refractivity contribution in [3.05, 3.63) is 32.7 Å². The van der Waals surface area contributed by atoms with Crippen molar-refractivity contribution >= 4 is 53.7 Å². The van der Waals surface area contributed by atoms with Gasteiger partial charge in [0.25, 0.3) is 5.91 Å². The van der Waals surface area contributed by atoms with E-state index in [1.165, 1.54) is 19.3 Å². The van der Waals surface area contributed by atoms with Crippen LogP contribution in [0.2, 0.25) is 0 Å². The summed E-state index contributed by atoms with van der Waals surface area (Å²) in [6, 6.07) is 5.59. The van der Waals surface area contributed by atoms with Crippen LogP contribution in [-0.4, -0.2) is 17.3 Å². The minimum atomic E-state index is -0.0106. The Morgan fingerprint density at radius 2 is 1.89 bits per heavy atom. The fourth-order valence-electron chi connectivity index (χ4n) is 2.23. The molecule has 1 aromatic rings. The summed E-state index contributed by atoms with van der Waals surface area (Å²) in [5.74, 6) is 0.549. The van der Waals surface area contributed by atoms with Crippen molar-refractivity contribution in [3.63, 3.8) is 0 Å². The topological polar surface area (TPSA) is 29.1 Å². The van der Waals surface area contributed by atoms with Crippen LogP contribution in [0, 0.1) is 5.92 Å². The molecule has 0 aromatic heterocycles. The van der Waals surface area contributed by atoms with Crippen molar-refractivity contribution in [3.8, 4) is 0 Å². The van der Waals surface area contributed by atoms with E-state index >= 15 is 0 Å². The van der Waals surface area contributed by atoms with Gasteiger partial charge in [-0.3, -0.25) is 4.79 Å². The van der Waals surface area contributed by atoms with Crippen LogP contribution in [0.3, 0.4) is 0 Å². The molecule has 2 nitrogen and oxygen atoms in total. The molecule has 0 aliphatic heterocycles. The van der Waals surface area contributed by atoms with E-state index in [0.29, 0.717) is 16.3 Å². The monoisotopic (exact) mass is 437 g/mol. The Labute approximate surface area is 132 Å². The normalized spacial score (nSPS) is 23.1. The maximum Gasteiger partial charge on any atom is 0.251 e. The second-order valence-corrected chi connectivity index (χ2v) is 7.58. The lowest BCUT2D eigenvalue weighted by atomic mass is 10.1. The highest BCUT2D eigenvalue weighted by atomic mass is 79.9. The molecule has 0 spiro atoms. The Balaban J connectivity index is 1.95. The highest BCUT2D eigenvalue weighted by Gasteiger charge is 2.25. The molecule has 1 fully saturated rings. The summed E-state index contributed by atoms with van der Waals surface area (Å²) in [5, 5.41) is 3.02. The molecule has 1 aromatic carbocycles. The summed E-state index contributed by atoms with van der Waals surface area (Å²) < 4.78 is 1.81. The number of benzene rings is 1. The predicted octanol–water partition coefficient (Wildman–Crippen LogP) is 4.51. The molecule has 0 heterocycles. The van der Waals surface area contributed by atoms with Gasteiger partial charge in [0.05, 0.1) is 0 Å². The molecule has 1 amide bonds. The van der Waals surface area contributed by atoms with Crippen molar-refractivity contribution in [1.29, 1.82) is 0 Å². The SMILES string of the molecule is O=C(NCC1CCCC1Br)c1cc(Br)cc(Br)c1. The fraction of sp³-hybridized carbons (Fsp3) is 0.462. The van der Waals surface area contributed by atoms with Gasteiger partial charge in [-0.15, -0.1) is 0 Å². The molecule has 5 heteroatoms. The molecular formula is C13H14Br3NO. The zero-order chi connectivity index (χ0) is 13.1. The Morgan fingerprint density at radius 1 is 1.22 bits per heavy atom. The van der Waals surface area contributed by atoms with Crippen LogP contribution in [0.4, 0.5) is 0 Å². The average molecular weight is 440 g/mol. The first-order valence-electron chi connectivity index (χ1n) is 5.94. The van der Waals surface area contributed by atoms with E-state index in [4.69, 9.17) is 0 Å². The number of carbonyl (C=O) groups excluding carboxylic acids is 1. The van der Waals surface area contributed by atoms with E-state index < -0.39 is 0 Å². The van der Waals surface area contributed by atoms with Gasteiger partial charge in [-0.05, 0) is 37.0 Å². The molecule has 1 N–H and O–H groups in total. The number of nitrogens with one attached hydrogen (secondary N) is 1. The molecule has 98 valence electrons. The highest BCUT2D eigenvalue weighted by molar-refractivity contribution is 9.11. The second kappa shape index (κ2) is 6.53. The van der Waals surface area contributed by atoms with E-state index in [9.17, 15) is 4.79 Å². The largest absolute Gasteiger partial charge is 0.352 e. The maximum absolute atomic E-state index is 12.0. The Hall–Kier alpha value is 0.130. The molecular weight excluding hydrogens is 426 g/mol. The van der Waals surface area contributed by atoms with Gasteiger partial charge in [0.2, 0.25) is 0 Å². The second-order valence-electron chi connectivity index (χ2n) is 4.58. The minimum absolute atomic E-state index is 0.0106. The van der Waals surface area contributed by atoms with Crippen molar-refractivity contribution in [2.24, 2.45) is 5.92 Å². The van der Waals surface area contributed by atoms with Crippen LogP contribution in [0.5, 0.6) is 0 Å². The lowest BCUT2D eigenvalue weighted by Gasteiger charge is -2.14. The molecule has 18 heavy (non-hydrogen) atoms. The van der Waals surface area contributed by atoms with Gasteiger partial charge in [-0.1, -0.05) is 54.2 Å². The maximum atomic E-state index is 12.0. The quantitative estimate of drug-likeness (QED) is 0.690. The third kappa shape index (κ3) is 3.81. The number of amides is 1. The first-order chi connectivity index (χ1) is 8.56. The van der Waals surface area contributed by atoms with E-state index in [-0.39, 0.29) is 5.91 Å². The molecule has 1 aliphatic rings. The standard InChI is InChI=1S/C13H14Br3NO/c14-10-4-9(5-11(15)6-10)13(18)17-7-8-2-1-3-12(8)16/h4-6,8,12H,1-3,7H2,(H,17,18). The number of carbonyl (C=O) groups is 1. The van der Waals surface area contributed by atoms with Crippen LogP contribution >= 0.6 is 47.8 Å². The van der Waals surface area contributed by atoms with Gasteiger partial charge in [0.1, 0.15) is 0 Å². The first-order valence-corrected chi connectivity index (χ1v) is 8.45. The number of halogens is 3. The van der Waals surface area contributed by atoms with E-state index in [1.807, 2.05) is 18.2 Å². The van der Waals surface area contributed by atoms with Gasteiger partial charge in [0.15, 0.2) is 0 Å². The van der Waals surface area contributed by atoms with Gasteiger partial charge in [-0.25, -0.2) is 0 Å². The Morgan fingerprint density at radius 3 is 2.44 bits per heavy atom. The molecule has 1 aliphatic carbocycles. The van der Waals surface area contributed by atoms with E-state index in [0.717, 1.165) is 15.5 Å². The van der Waals surface area contributed by atoms with Gasteiger partial charge in [-0.2, -0.15) is 0 Å². The third-order valence-corrected chi connectivity index (χ3v) is 5.34. The van der Waals surface area contributed by atoms with Gasteiger partial charge >= 0.3 is 0 Å². The van der Waals surface area contributed by atoms with Crippen molar-refractivity contribution < 1.29 is 4.79 Å². The van der Waals surface area contributed by atoms with Crippen molar-refractivity contribution in [1.82, 2.24) is 5.32 Å². The van der Waals surface area contributed by atoms with Crippen molar-refractivity contribution in [2.45, 2.75) is 24.1 Å². The van der Waals surface area contributed by atoms with Crippen LogP contribution < -0.4 is 5.32 Å². The van der Waals surface area contributed by atoms with Crippen molar-refractivity contribution in [2.75, 3.05) is 6.54 Å². The van der Waals surface area contributed by atoms with Crippen LogP contribution in [-0.2, 0) is 0 Å². The summed E-state index contributed by atoms with van der Waals surface area (Å²) in [6.45, 7) is 0.749. The van der Waals surface area contributed by atoms with Crippen LogP contribution in [0.25, 0.3) is 0 Å². The van der Waals surface area contributed by atoms with Crippen LogP contribution in [0.15, 0.2) is 27.1 Å². The lowest BCUT2D eigenvalue weighted by molar-refractivity contribution is 0.0947. The number of hydrogen-bond donors (Lipinski definition) is 1. The number of hydrogen-bond acceptors (Lipinski definition) is 1. The predicted molar refractivity (Wildman–Crippen MR) is 84.2 cm³/mol. The fourth-order valence-corrected chi connectivity index (χ4v) is 4.30. The summed E-state index contributed by atoms with van der Waals surface area (Å²) in [5.41, 5.74) is 0.681. The molecule has 1 saturated carbocycles. The third-order valence-electron chi connectivity index (χ3n) is 3.22. The summed E-state index contributed by atoms with van der Waals surface area (Å²) in [7, 11) is 0. The molecule has 0 bridgehead atoms. The summed E-state index contributed by atoms with van der Waals surface area (Å²) in [4.78, 5) is 12.6. The molecule has 0 radical (unpaired) electrons. The Bertz CT molecular complexity index is 430. The van der Waals surface area contributed by atoms with E-state index in [2.05, 4.69) is 53.1 Å². The van der Waals surface area contributed by atoms with Gasteiger partial charge < -0.3 is 5.32 Å². The lowest BCUT2D eigenvalue weighted by Crippen LogP contribution is -2.30. The average Bonchev–Trinajstić information content (AvgIpc) is 2.70. The zero-order valence-electron chi connectivity index (χ0n) is 9.76. The highest BCUT2D eigenvalue weighted by Crippen LogP contribution is 2.31.